The minimum atomic E-state index is 0. The van der Waals surface area contributed by atoms with Gasteiger partial charge in [-0.05, 0) is 24.3 Å². The van der Waals surface area contributed by atoms with Gasteiger partial charge in [-0.15, -0.1) is 50.5 Å². The summed E-state index contributed by atoms with van der Waals surface area (Å²) in [5, 5.41) is 1.92. The third-order valence-corrected chi connectivity index (χ3v) is 5.99. The molecular formula is C12H8Cl4NiS4. The summed E-state index contributed by atoms with van der Waals surface area (Å²) in [6, 6.07) is 6.87. The Morgan fingerprint density at radius 3 is 1.10 bits per heavy atom. The Labute approximate surface area is 175 Å². The number of benzene rings is 2. The van der Waals surface area contributed by atoms with Gasteiger partial charge in [0.05, 0.1) is 20.1 Å². The fourth-order valence-corrected chi connectivity index (χ4v) is 2.73. The largest absolute Gasteiger partial charge is 0.142 e. The Kier molecular flexibility index (Phi) is 11.1. The number of halogens is 4. The molecule has 0 radical (unpaired) electrons. The normalized spacial score (nSPS) is 9.52. The summed E-state index contributed by atoms with van der Waals surface area (Å²) in [7, 11) is 0. The summed E-state index contributed by atoms with van der Waals surface area (Å²) < 4.78 is 0. The molecule has 0 spiro atoms. The van der Waals surface area contributed by atoms with Crippen LogP contribution in [-0.2, 0) is 16.5 Å². The number of hydrogen-bond acceptors (Lipinski definition) is 4. The Bertz CT molecular complexity index is 528. The molecule has 21 heavy (non-hydrogen) atoms. The van der Waals surface area contributed by atoms with Gasteiger partial charge < -0.3 is 0 Å². The van der Waals surface area contributed by atoms with Crippen molar-refractivity contribution in [3.63, 3.8) is 0 Å². The minimum absolute atomic E-state index is 0. The van der Waals surface area contributed by atoms with Gasteiger partial charge in [-0.3, -0.25) is 0 Å². The third-order valence-electron chi connectivity index (χ3n) is 2.10. The zero-order valence-electron chi connectivity index (χ0n) is 9.93. The summed E-state index contributed by atoms with van der Waals surface area (Å²) in [5.41, 5.74) is 0. The van der Waals surface area contributed by atoms with E-state index in [0.29, 0.717) is 29.9 Å². The van der Waals surface area contributed by atoms with Crippen LogP contribution in [0.1, 0.15) is 0 Å². The maximum atomic E-state index is 5.73. The molecule has 0 fully saturated rings. The van der Waals surface area contributed by atoms with Gasteiger partial charge in [0.2, 0.25) is 0 Å². The summed E-state index contributed by atoms with van der Waals surface area (Å²) in [4.78, 5) is 2.71. The molecule has 2 rings (SSSR count). The van der Waals surface area contributed by atoms with Crippen molar-refractivity contribution in [3.05, 3.63) is 44.4 Å². The van der Waals surface area contributed by atoms with Crippen molar-refractivity contribution in [3.8, 4) is 0 Å². The molecule has 0 nitrogen and oxygen atoms in total. The Morgan fingerprint density at radius 2 is 0.857 bits per heavy atom. The zero-order valence-corrected chi connectivity index (χ0v) is 17.5. The van der Waals surface area contributed by atoms with Crippen molar-refractivity contribution >= 4 is 96.9 Å². The van der Waals surface area contributed by atoms with E-state index in [2.05, 4.69) is 50.5 Å². The molecular weight excluding hydrogens is 473 g/mol. The average Bonchev–Trinajstić information content (AvgIpc) is 2.43. The van der Waals surface area contributed by atoms with Crippen LogP contribution in [-0.4, -0.2) is 0 Å². The molecule has 0 aliphatic rings. The SMILES string of the molecule is Sc1ccc(Cl)c(Cl)c1S.Sc1ccc(Cl)c(Cl)c1S.[Ni]. The fraction of sp³-hybridized carbons (Fsp3) is 0. The number of thiol groups is 4. The van der Waals surface area contributed by atoms with Gasteiger partial charge in [0.15, 0.2) is 0 Å². The smallest absolute Gasteiger partial charge is 0.0736 e. The van der Waals surface area contributed by atoms with Crippen molar-refractivity contribution in [1.82, 2.24) is 0 Å². The quantitative estimate of drug-likeness (QED) is 0.223. The molecule has 9 heteroatoms. The second kappa shape index (κ2) is 10.4. The van der Waals surface area contributed by atoms with Gasteiger partial charge in [0, 0.05) is 36.1 Å². The molecule has 0 aromatic heterocycles. The van der Waals surface area contributed by atoms with Crippen molar-refractivity contribution < 1.29 is 16.5 Å². The van der Waals surface area contributed by atoms with E-state index >= 15 is 0 Å². The van der Waals surface area contributed by atoms with Crippen LogP contribution in [0.2, 0.25) is 20.1 Å². The molecule has 0 N–H and O–H groups in total. The average molecular weight is 481 g/mol. The molecule has 0 amide bonds. The predicted octanol–water partition coefficient (Wildman–Crippen LogP) is 7.14. The molecule has 0 aliphatic carbocycles. The molecule has 2 aromatic carbocycles. The fourth-order valence-electron chi connectivity index (χ4n) is 1.06. The van der Waals surface area contributed by atoms with Crippen LogP contribution in [0.3, 0.4) is 0 Å². The first-order valence-electron chi connectivity index (χ1n) is 4.97. The molecule has 0 atom stereocenters. The van der Waals surface area contributed by atoms with Gasteiger partial charge in [-0.2, -0.15) is 0 Å². The van der Waals surface area contributed by atoms with E-state index < -0.39 is 0 Å². The van der Waals surface area contributed by atoms with Crippen molar-refractivity contribution in [2.75, 3.05) is 0 Å². The van der Waals surface area contributed by atoms with E-state index in [4.69, 9.17) is 46.4 Å². The van der Waals surface area contributed by atoms with Crippen molar-refractivity contribution in [1.29, 1.82) is 0 Å². The summed E-state index contributed by atoms with van der Waals surface area (Å²) in [6.07, 6.45) is 0. The Hall–Kier alpha value is 1.49. The predicted molar refractivity (Wildman–Crippen MR) is 102 cm³/mol. The van der Waals surface area contributed by atoms with Gasteiger partial charge in [0.25, 0.3) is 0 Å². The zero-order chi connectivity index (χ0) is 15.4. The van der Waals surface area contributed by atoms with Crippen LogP contribution in [0, 0.1) is 0 Å². The van der Waals surface area contributed by atoms with Crippen molar-refractivity contribution in [2.24, 2.45) is 0 Å². The molecule has 0 saturated carbocycles. The van der Waals surface area contributed by atoms with E-state index in [1.165, 1.54) is 0 Å². The van der Waals surface area contributed by atoms with E-state index in [1.807, 2.05) is 0 Å². The van der Waals surface area contributed by atoms with Gasteiger partial charge in [-0.25, -0.2) is 0 Å². The molecule has 0 heterocycles. The van der Waals surface area contributed by atoms with E-state index in [1.54, 1.807) is 24.3 Å². The summed E-state index contributed by atoms with van der Waals surface area (Å²) in [6.45, 7) is 0. The minimum Gasteiger partial charge on any atom is -0.142 e. The number of rotatable bonds is 0. The third kappa shape index (κ3) is 6.48. The van der Waals surface area contributed by atoms with Gasteiger partial charge in [0.1, 0.15) is 0 Å². The Balaban J connectivity index is 0.000000364. The van der Waals surface area contributed by atoms with Crippen LogP contribution in [0.15, 0.2) is 43.8 Å². The molecule has 0 bridgehead atoms. The van der Waals surface area contributed by atoms with Crippen molar-refractivity contribution in [2.45, 2.75) is 19.6 Å². The van der Waals surface area contributed by atoms with Crippen LogP contribution in [0.25, 0.3) is 0 Å². The molecule has 2 aromatic rings. The Morgan fingerprint density at radius 1 is 0.571 bits per heavy atom. The van der Waals surface area contributed by atoms with Crippen LogP contribution >= 0.6 is 96.9 Å². The second-order valence-electron chi connectivity index (χ2n) is 3.46. The molecule has 0 unspecified atom stereocenters. The standard InChI is InChI=1S/2C6H4Cl2S2.Ni/c2*7-3-1-2-4(9)6(10)5(3)8;/h2*1-2,9-10H;. The van der Waals surface area contributed by atoms with Crippen LogP contribution in [0.4, 0.5) is 0 Å². The summed E-state index contributed by atoms with van der Waals surface area (Å²) >= 11 is 39.2. The van der Waals surface area contributed by atoms with E-state index in [-0.39, 0.29) is 16.5 Å². The summed E-state index contributed by atoms with van der Waals surface area (Å²) in [5.74, 6) is 0. The first-order valence-corrected chi connectivity index (χ1v) is 8.27. The van der Waals surface area contributed by atoms with Crippen LogP contribution < -0.4 is 0 Å². The maximum absolute atomic E-state index is 5.73. The second-order valence-corrected chi connectivity index (χ2v) is 6.89. The maximum Gasteiger partial charge on any atom is 0.0736 e. The van der Waals surface area contributed by atoms with E-state index in [9.17, 15) is 0 Å². The number of hydrogen-bond donors (Lipinski definition) is 4. The molecule has 118 valence electrons. The monoisotopic (exact) mass is 478 g/mol. The first kappa shape index (κ1) is 22.5. The first-order chi connectivity index (χ1) is 9.25. The van der Waals surface area contributed by atoms with E-state index in [0.717, 1.165) is 9.79 Å². The van der Waals surface area contributed by atoms with Gasteiger partial charge in [-0.1, -0.05) is 46.4 Å². The van der Waals surface area contributed by atoms with Gasteiger partial charge >= 0.3 is 0 Å². The topological polar surface area (TPSA) is 0 Å². The molecule has 0 aliphatic heterocycles. The van der Waals surface area contributed by atoms with Crippen LogP contribution in [0.5, 0.6) is 0 Å². The molecule has 0 saturated heterocycles.